The van der Waals surface area contributed by atoms with Crippen LogP contribution in [0.25, 0.3) is 11.0 Å². The second kappa shape index (κ2) is 6.85. The summed E-state index contributed by atoms with van der Waals surface area (Å²) in [6, 6.07) is 5.42. The maximum Gasteiger partial charge on any atom is 0.251 e. The zero-order valence-electron chi connectivity index (χ0n) is 16.2. The summed E-state index contributed by atoms with van der Waals surface area (Å²) in [5, 5.41) is 23.1. The third-order valence-electron chi connectivity index (χ3n) is 7.47. The number of benzene rings is 1. The third-order valence-corrected chi connectivity index (χ3v) is 7.47. The fourth-order valence-corrected chi connectivity index (χ4v) is 6.58. The van der Waals surface area contributed by atoms with Gasteiger partial charge in [-0.1, -0.05) is 0 Å². The SMILES string of the molecule is O=C(NC[C@H](O)C12CC3CC(CC(C3)C1)C2)c1ccc2c(c1)ncn2CCO. The highest BCUT2D eigenvalue weighted by Crippen LogP contribution is 2.61. The molecule has 6 nitrogen and oxygen atoms in total. The number of imidazole rings is 1. The molecule has 4 saturated carbocycles. The van der Waals surface area contributed by atoms with Gasteiger partial charge in [-0.2, -0.15) is 0 Å². The number of nitrogens with one attached hydrogen (secondary N) is 1. The summed E-state index contributed by atoms with van der Waals surface area (Å²) >= 11 is 0. The minimum Gasteiger partial charge on any atom is -0.395 e. The molecular formula is C22H29N3O3. The molecule has 1 aromatic heterocycles. The first-order valence-corrected chi connectivity index (χ1v) is 10.6. The largest absolute Gasteiger partial charge is 0.395 e. The van der Waals surface area contributed by atoms with Crippen LogP contribution < -0.4 is 5.32 Å². The number of aliphatic hydroxyl groups excluding tert-OH is 2. The first-order chi connectivity index (χ1) is 13.6. The van der Waals surface area contributed by atoms with Crippen LogP contribution in [0, 0.1) is 23.2 Å². The number of fused-ring (bicyclic) bond motifs is 1. The lowest BCUT2D eigenvalue weighted by molar-refractivity contribution is -0.118. The molecule has 1 amide bonds. The molecule has 0 radical (unpaired) electrons. The van der Waals surface area contributed by atoms with E-state index >= 15 is 0 Å². The number of aliphatic hydroxyl groups is 2. The minimum atomic E-state index is -0.461. The van der Waals surface area contributed by atoms with Crippen molar-refractivity contribution in [2.45, 2.75) is 51.2 Å². The van der Waals surface area contributed by atoms with Crippen LogP contribution in [-0.4, -0.2) is 44.9 Å². The standard InChI is InChI=1S/C22H29N3O3/c26-4-3-25-13-24-18-8-17(1-2-19(18)25)21(28)23-12-20(27)22-9-14-5-15(10-22)7-16(6-14)11-22/h1-2,8,13-16,20,26-27H,3-7,9-12H2,(H,23,28)/t14?,15?,16?,20-,22?/m0/s1. The van der Waals surface area contributed by atoms with Crippen molar-refractivity contribution in [1.29, 1.82) is 0 Å². The zero-order chi connectivity index (χ0) is 19.3. The van der Waals surface area contributed by atoms with E-state index in [4.69, 9.17) is 5.11 Å². The maximum atomic E-state index is 12.7. The second-order valence-electron chi connectivity index (χ2n) is 9.37. The second-order valence-corrected chi connectivity index (χ2v) is 9.37. The van der Waals surface area contributed by atoms with Gasteiger partial charge < -0.3 is 20.1 Å². The fourth-order valence-electron chi connectivity index (χ4n) is 6.58. The fraction of sp³-hybridized carbons (Fsp3) is 0.636. The Labute approximate surface area is 165 Å². The normalized spacial score (nSPS) is 32.0. The molecule has 4 aliphatic rings. The van der Waals surface area contributed by atoms with Gasteiger partial charge in [0.25, 0.3) is 5.91 Å². The van der Waals surface area contributed by atoms with Gasteiger partial charge in [-0.15, -0.1) is 0 Å². The summed E-state index contributed by atoms with van der Waals surface area (Å²) in [5.74, 6) is 2.19. The van der Waals surface area contributed by atoms with Crippen molar-refractivity contribution in [2.24, 2.45) is 23.2 Å². The van der Waals surface area contributed by atoms with E-state index in [9.17, 15) is 9.90 Å². The van der Waals surface area contributed by atoms with E-state index in [1.165, 1.54) is 19.3 Å². The van der Waals surface area contributed by atoms with E-state index in [0.29, 0.717) is 18.7 Å². The van der Waals surface area contributed by atoms with E-state index in [1.54, 1.807) is 18.5 Å². The van der Waals surface area contributed by atoms with Crippen molar-refractivity contribution in [3.8, 4) is 0 Å². The molecule has 1 aromatic carbocycles. The molecule has 6 rings (SSSR count). The van der Waals surface area contributed by atoms with Gasteiger partial charge in [0, 0.05) is 18.7 Å². The van der Waals surface area contributed by atoms with Gasteiger partial charge in [0.2, 0.25) is 0 Å². The molecule has 28 heavy (non-hydrogen) atoms. The molecule has 4 bridgehead atoms. The van der Waals surface area contributed by atoms with Crippen molar-refractivity contribution in [3.63, 3.8) is 0 Å². The monoisotopic (exact) mass is 383 g/mol. The summed E-state index contributed by atoms with van der Waals surface area (Å²) in [6.07, 6.45) is 8.65. The molecule has 2 aromatic rings. The highest BCUT2D eigenvalue weighted by molar-refractivity contribution is 5.97. The molecule has 4 fully saturated rings. The number of rotatable bonds is 6. The summed E-state index contributed by atoms with van der Waals surface area (Å²) in [5.41, 5.74) is 2.22. The van der Waals surface area contributed by atoms with Gasteiger partial charge >= 0.3 is 0 Å². The third kappa shape index (κ3) is 3.03. The number of hydrogen-bond acceptors (Lipinski definition) is 4. The van der Waals surface area contributed by atoms with Crippen LogP contribution >= 0.6 is 0 Å². The first kappa shape index (κ1) is 18.1. The van der Waals surface area contributed by atoms with Gasteiger partial charge in [0.15, 0.2) is 0 Å². The van der Waals surface area contributed by atoms with Gasteiger partial charge in [-0.25, -0.2) is 4.98 Å². The predicted octanol–water partition coefficient (Wildman–Crippen LogP) is 2.34. The number of carbonyl (C=O) groups is 1. The van der Waals surface area contributed by atoms with Gasteiger partial charge in [-0.3, -0.25) is 4.79 Å². The number of nitrogens with zero attached hydrogens (tertiary/aromatic N) is 2. The summed E-state index contributed by atoms with van der Waals surface area (Å²) in [7, 11) is 0. The Kier molecular flexibility index (Phi) is 4.43. The number of carbonyl (C=O) groups excluding carboxylic acids is 1. The number of aromatic nitrogens is 2. The lowest BCUT2D eigenvalue weighted by Gasteiger charge is -2.58. The Bertz CT molecular complexity index is 855. The van der Waals surface area contributed by atoms with Crippen LogP contribution in [0.4, 0.5) is 0 Å². The van der Waals surface area contributed by atoms with Crippen molar-refractivity contribution in [3.05, 3.63) is 30.1 Å². The van der Waals surface area contributed by atoms with E-state index < -0.39 is 6.10 Å². The Hall–Kier alpha value is -1.92. The summed E-state index contributed by atoms with van der Waals surface area (Å²) < 4.78 is 1.87. The van der Waals surface area contributed by atoms with E-state index in [1.807, 2.05) is 10.6 Å². The lowest BCUT2D eigenvalue weighted by atomic mass is 9.48. The van der Waals surface area contributed by atoms with Crippen LogP contribution in [0.3, 0.4) is 0 Å². The molecule has 3 N–H and O–H groups in total. The Morgan fingerprint density at radius 2 is 1.89 bits per heavy atom. The molecule has 0 saturated heterocycles. The molecule has 4 aliphatic carbocycles. The highest BCUT2D eigenvalue weighted by atomic mass is 16.3. The van der Waals surface area contributed by atoms with Gasteiger partial charge in [0.05, 0.1) is 30.1 Å². The Balaban J connectivity index is 1.25. The number of amides is 1. The molecule has 0 aliphatic heterocycles. The molecule has 1 heterocycles. The Morgan fingerprint density at radius 1 is 1.21 bits per heavy atom. The predicted molar refractivity (Wildman–Crippen MR) is 106 cm³/mol. The smallest absolute Gasteiger partial charge is 0.251 e. The first-order valence-electron chi connectivity index (χ1n) is 10.6. The molecular weight excluding hydrogens is 354 g/mol. The van der Waals surface area contributed by atoms with Crippen LogP contribution in [0.1, 0.15) is 48.9 Å². The molecule has 6 heteroatoms. The van der Waals surface area contributed by atoms with Crippen LogP contribution in [0.5, 0.6) is 0 Å². The molecule has 0 spiro atoms. The van der Waals surface area contributed by atoms with Crippen LogP contribution in [-0.2, 0) is 6.54 Å². The molecule has 0 unspecified atom stereocenters. The van der Waals surface area contributed by atoms with Crippen molar-refractivity contribution >= 4 is 16.9 Å². The van der Waals surface area contributed by atoms with Crippen molar-refractivity contribution in [1.82, 2.24) is 14.9 Å². The lowest BCUT2D eigenvalue weighted by Crippen LogP contribution is -2.54. The highest BCUT2D eigenvalue weighted by Gasteiger charge is 2.53. The van der Waals surface area contributed by atoms with Gasteiger partial charge in [0.1, 0.15) is 0 Å². The van der Waals surface area contributed by atoms with Crippen LogP contribution in [0.15, 0.2) is 24.5 Å². The average Bonchev–Trinajstić information content (AvgIpc) is 3.07. The molecule has 150 valence electrons. The van der Waals surface area contributed by atoms with Crippen molar-refractivity contribution in [2.75, 3.05) is 13.2 Å². The van der Waals surface area contributed by atoms with Crippen molar-refractivity contribution < 1.29 is 15.0 Å². The average molecular weight is 383 g/mol. The summed E-state index contributed by atoms with van der Waals surface area (Å²) in [4.78, 5) is 17.0. The van der Waals surface area contributed by atoms with Gasteiger partial charge in [-0.05, 0) is 79.9 Å². The quantitative estimate of drug-likeness (QED) is 0.714. The van der Waals surface area contributed by atoms with E-state index in [0.717, 1.165) is 48.0 Å². The van der Waals surface area contributed by atoms with Crippen LogP contribution in [0.2, 0.25) is 0 Å². The zero-order valence-corrected chi connectivity index (χ0v) is 16.2. The maximum absolute atomic E-state index is 12.7. The topological polar surface area (TPSA) is 87.4 Å². The number of hydrogen-bond donors (Lipinski definition) is 3. The van der Waals surface area contributed by atoms with E-state index in [2.05, 4.69) is 10.3 Å². The minimum absolute atomic E-state index is 0.0229. The van der Waals surface area contributed by atoms with E-state index in [-0.39, 0.29) is 17.9 Å². The summed E-state index contributed by atoms with van der Waals surface area (Å²) in [6.45, 7) is 0.858. The Morgan fingerprint density at radius 3 is 2.54 bits per heavy atom. The molecule has 1 atom stereocenters.